The summed E-state index contributed by atoms with van der Waals surface area (Å²) in [5, 5.41) is 12.8. The zero-order valence-corrected chi connectivity index (χ0v) is 26.7. The highest BCUT2D eigenvalue weighted by molar-refractivity contribution is 6.35. The second-order valence-electron chi connectivity index (χ2n) is 8.59. The van der Waals surface area contributed by atoms with Crippen LogP contribution in [0.15, 0.2) is 73.1 Å². The second kappa shape index (κ2) is 18.4. The Kier molecular flexibility index (Phi) is 15.0. The maximum absolute atomic E-state index is 12.1. The molecule has 2 aromatic heterocycles. The summed E-state index contributed by atoms with van der Waals surface area (Å²) in [6, 6.07) is 15.9. The number of esters is 2. The largest absolute Gasteiger partial charge is 0.481 e. The number of hydrogen-bond donors (Lipinski definition) is 3. The van der Waals surface area contributed by atoms with E-state index in [1.54, 1.807) is 48.5 Å². The number of ether oxygens (including phenoxy) is 2. The number of halogens is 4. The van der Waals surface area contributed by atoms with E-state index in [0.717, 1.165) is 0 Å². The van der Waals surface area contributed by atoms with E-state index in [1.165, 1.54) is 38.7 Å². The number of amides is 1. The molecule has 0 fully saturated rings. The summed E-state index contributed by atoms with van der Waals surface area (Å²) in [7, 11) is 2.56. The van der Waals surface area contributed by atoms with Crippen LogP contribution in [0.3, 0.4) is 0 Å². The van der Waals surface area contributed by atoms with Gasteiger partial charge < -0.3 is 25.6 Å². The monoisotopic (exact) mass is 694 g/mol. The van der Waals surface area contributed by atoms with Crippen LogP contribution >= 0.6 is 46.4 Å². The number of benzene rings is 2. The van der Waals surface area contributed by atoms with E-state index >= 15 is 0 Å². The minimum Gasteiger partial charge on any atom is -0.481 e. The van der Waals surface area contributed by atoms with Gasteiger partial charge in [-0.2, -0.15) is 0 Å². The van der Waals surface area contributed by atoms with Crippen molar-refractivity contribution in [1.82, 2.24) is 9.97 Å². The number of carboxylic acid groups (broad SMARTS) is 1. The van der Waals surface area contributed by atoms with Crippen LogP contribution in [-0.2, 0) is 31.9 Å². The molecule has 236 valence electrons. The predicted molar refractivity (Wildman–Crippen MR) is 172 cm³/mol. The summed E-state index contributed by atoms with van der Waals surface area (Å²) in [4.78, 5) is 52.6. The lowest BCUT2D eigenvalue weighted by atomic mass is 10.1. The first-order valence-electron chi connectivity index (χ1n) is 12.6. The number of anilines is 2. The molecule has 0 aliphatic rings. The van der Waals surface area contributed by atoms with Gasteiger partial charge in [0.25, 0.3) is 0 Å². The zero-order chi connectivity index (χ0) is 33.5. The van der Waals surface area contributed by atoms with E-state index in [0.29, 0.717) is 36.8 Å². The van der Waals surface area contributed by atoms with E-state index in [-0.39, 0.29) is 35.9 Å². The summed E-state index contributed by atoms with van der Waals surface area (Å²) in [5.74, 6) is -1.96. The number of nitrogen functional groups attached to an aromatic ring is 1. The molecule has 0 spiro atoms. The third-order valence-corrected chi connectivity index (χ3v) is 6.61. The van der Waals surface area contributed by atoms with Gasteiger partial charge in [0.2, 0.25) is 5.91 Å². The smallest absolute Gasteiger partial charge is 0.341 e. The van der Waals surface area contributed by atoms with E-state index in [1.807, 2.05) is 0 Å². The molecule has 15 heteroatoms. The van der Waals surface area contributed by atoms with Crippen molar-refractivity contribution in [1.29, 1.82) is 0 Å². The molecule has 2 aromatic carbocycles. The average Bonchev–Trinajstić information content (AvgIpc) is 3.00. The summed E-state index contributed by atoms with van der Waals surface area (Å²) in [6.07, 6.45) is 2.95. The molecule has 0 saturated heterocycles. The molecule has 0 unspecified atom stereocenters. The van der Waals surface area contributed by atoms with Gasteiger partial charge in [0.15, 0.2) is 0 Å². The third-order valence-electron chi connectivity index (χ3n) is 5.44. The lowest BCUT2D eigenvalue weighted by Gasteiger charge is -2.09. The van der Waals surface area contributed by atoms with Crippen LogP contribution in [0.1, 0.15) is 31.8 Å². The normalized spacial score (nSPS) is 9.82. The number of carbonyl (C=O) groups excluding carboxylic acids is 3. The summed E-state index contributed by atoms with van der Waals surface area (Å²) < 4.78 is 9.10. The summed E-state index contributed by atoms with van der Waals surface area (Å²) >= 11 is 23.2. The first kappa shape index (κ1) is 36.8. The number of nitrogens with one attached hydrogen (secondary N) is 1. The van der Waals surface area contributed by atoms with Crippen LogP contribution in [0.25, 0.3) is 0 Å². The number of nitrogens with zero attached hydrogens (tertiary/aromatic N) is 2. The summed E-state index contributed by atoms with van der Waals surface area (Å²) in [5.41, 5.74) is 7.07. The van der Waals surface area contributed by atoms with E-state index in [4.69, 9.17) is 57.2 Å². The number of pyridine rings is 2. The Morgan fingerprint density at radius 2 is 1.24 bits per heavy atom. The van der Waals surface area contributed by atoms with Crippen molar-refractivity contribution in [2.45, 2.75) is 12.8 Å². The highest BCUT2D eigenvalue weighted by Gasteiger charge is 2.16. The summed E-state index contributed by atoms with van der Waals surface area (Å²) in [6.45, 7) is 0. The number of carboxylic acids is 1. The fraction of sp³-hybridized carbons (Fsp3) is 0.133. The van der Waals surface area contributed by atoms with Gasteiger partial charge in [-0.05, 0) is 59.7 Å². The standard InChI is InChI=1S/C15H12Cl2N2O3.C8H6Cl2O2.C7H8N2O2/c1-22-15(21)11-3-2-6-18-14(11)19-13(20)7-9-4-5-10(16)8-12(9)17;9-6-2-1-5(3-8(11)12)7(10)4-6;1-11-7(10)5-3-2-4-9-6(5)8/h2-6,8H,7H2,1H3,(H,18,19,20);1-2,4H,3H2,(H,11,12);2-4H,1H3,(H2,8,9). The lowest BCUT2D eigenvalue weighted by Crippen LogP contribution is -2.18. The van der Waals surface area contributed by atoms with E-state index in [9.17, 15) is 19.2 Å². The molecule has 0 radical (unpaired) electrons. The number of nitrogens with two attached hydrogens (primary N) is 1. The Bertz CT molecular complexity index is 1670. The van der Waals surface area contributed by atoms with Crippen LogP contribution in [0, 0.1) is 0 Å². The van der Waals surface area contributed by atoms with Gasteiger partial charge in [0.05, 0.1) is 27.1 Å². The molecule has 4 N–H and O–H groups in total. The quantitative estimate of drug-likeness (QED) is 0.183. The number of aromatic nitrogens is 2. The van der Waals surface area contributed by atoms with Gasteiger partial charge >= 0.3 is 17.9 Å². The molecule has 11 nitrogen and oxygen atoms in total. The first-order chi connectivity index (χ1) is 21.4. The Morgan fingerprint density at radius 1 is 0.756 bits per heavy atom. The third kappa shape index (κ3) is 12.2. The van der Waals surface area contributed by atoms with Crippen molar-refractivity contribution in [3.05, 3.63) is 115 Å². The number of aliphatic carboxylic acids is 1. The molecule has 0 atom stereocenters. The molecular formula is C30H26Cl4N4O7. The van der Waals surface area contributed by atoms with Crippen molar-refractivity contribution in [3.8, 4) is 0 Å². The van der Waals surface area contributed by atoms with Crippen LogP contribution in [-0.4, -0.2) is 53.1 Å². The predicted octanol–water partition coefficient (Wildman–Crippen LogP) is 6.43. The van der Waals surface area contributed by atoms with E-state index < -0.39 is 17.9 Å². The maximum Gasteiger partial charge on any atom is 0.341 e. The van der Waals surface area contributed by atoms with Crippen LogP contribution in [0.2, 0.25) is 20.1 Å². The topological polar surface area (TPSA) is 171 Å². The second-order valence-corrected chi connectivity index (χ2v) is 10.3. The minimum atomic E-state index is -0.903. The van der Waals surface area contributed by atoms with Crippen molar-refractivity contribution >= 4 is 81.9 Å². The Morgan fingerprint density at radius 3 is 1.73 bits per heavy atom. The molecule has 0 saturated carbocycles. The van der Waals surface area contributed by atoms with Crippen LogP contribution in [0.4, 0.5) is 11.6 Å². The van der Waals surface area contributed by atoms with Gasteiger partial charge in [-0.3, -0.25) is 9.59 Å². The molecule has 0 aliphatic carbocycles. The Balaban J connectivity index is 0.000000259. The molecular weight excluding hydrogens is 670 g/mol. The molecule has 1 amide bonds. The Labute approximate surface area is 278 Å². The number of carbonyl (C=O) groups is 4. The highest BCUT2D eigenvalue weighted by atomic mass is 35.5. The zero-order valence-electron chi connectivity index (χ0n) is 23.7. The van der Waals surface area contributed by atoms with Gasteiger partial charge in [-0.25, -0.2) is 19.6 Å². The van der Waals surface area contributed by atoms with Crippen LogP contribution in [0.5, 0.6) is 0 Å². The molecule has 0 aliphatic heterocycles. The minimum absolute atomic E-state index is 0.0349. The first-order valence-corrected chi connectivity index (χ1v) is 14.1. The van der Waals surface area contributed by atoms with Crippen molar-refractivity contribution < 1.29 is 33.8 Å². The molecule has 0 bridgehead atoms. The fourth-order valence-electron chi connectivity index (χ4n) is 3.32. The molecule has 4 rings (SSSR count). The average molecular weight is 696 g/mol. The fourth-order valence-corrected chi connectivity index (χ4v) is 4.27. The highest BCUT2D eigenvalue weighted by Crippen LogP contribution is 2.23. The SMILES string of the molecule is COC(=O)c1cccnc1N.COC(=O)c1cccnc1NC(=O)Cc1ccc(Cl)cc1Cl.O=C(O)Cc1ccc(Cl)cc1Cl. The van der Waals surface area contributed by atoms with Gasteiger partial charge in [-0.15, -0.1) is 0 Å². The van der Waals surface area contributed by atoms with Gasteiger partial charge in [0, 0.05) is 32.5 Å². The van der Waals surface area contributed by atoms with E-state index in [2.05, 4.69) is 24.8 Å². The Hall–Kier alpha value is -4.42. The number of methoxy groups -OCH3 is 2. The van der Waals surface area contributed by atoms with Crippen molar-refractivity contribution in [2.24, 2.45) is 0 Å². The molecule has 2 heterocycles. The lowest BCUT2D eigenvalue weighted by molar-refractivity contribution is -0.136. The van der Waals surface area contributed by atoms with Crippen molar-refractivity contribution in [2.75, 3.05) is 25.3 Å². The maximum atomic E-state index is 12.1. The number of rotatable bonds is 7. The van der Waals surface area contributed by atoms with Crippen molar-refractivity contribution in [3.63, 3.8) is 0 Å². The molecule has 45 heavy (non-hydrogen) atoms. The molecule has 4 aromatic rings. The number of hydrogen-bond acceptors (Lipinski definition) is 9. The van der Waals surface area contributed by atoms with Crippen LogP contribution < -0.4 is 11.1 Å². The van der Waals surface area contributed by atoms with Gasteiger partial charge in [-0.1, -0.05) is 58.5 Å². The van der Waals surface area contributed by atoms with Gasteiger partial charge in [0.1, 0.15) is 22.8 Å².